The Balaban J connectivity index is 1.95. The van der Waals surface area contributed by atoms with Gasteiger partial charge in [-0.1, -0.05) is 6.07 Å². The van der Waals surface area contributed by atoms with Crippen LogP contribution >= 0.6 is 0 Å². The zero-order chi connectivity index (χ0) is 15.3. The van der Waals surface area contributed by atoms with E-state index >= 15 is 0 Å². The van der Waals surface area contributed by atoms with Gasteiger partial charge in [0.25, 0.3) is 0 Å². The van der Waals surface area contributed by atoms with Gasteiger partial charge in [0.2, 0.25) is 10.0 Å². The average Bonchev–Trinajstić information content (AvgIpc) is 3.24. The maximum absolute atomic E-state index is 13.3. The molecule has 0 atom stereocenters. The van der Waals surface area contributed by atoms with Crippen molar-refractivity contribution in [3.8, 4) is 0 Å². The van der Waals surface area contributed by atoms with Crippen molar-refractivity contribution in [1.29, 1.82) is 0 Å². The minimum absolute atomic E-state index is 0.0287. The van der Waals surface area contributed by atoms with Crippen molar-refractivity contribution >= 4 is 10.0 Å². The number of ether oxygens (including phenoxy) is 1. The molecule has 0 unspecified atom stereocenters. The van der Waals surface area contributed by atoms with Crippen LogP contribution in [0.5, 0.6) is 0 Å². The van der Waals surface area contributed by atoms with Crippen LogP contribution in [0.1, 0.15) is 18.4 Å². The van der Waals surface area contributed by atoms with Gasteiger partial charge in [0.05, 0.1) is 11.5 Å². The summed E-state index contributed by atoms with van der Waals surface area (Å²) >= 11 is 0. The van der Waals surface area contributed by atoms with Gasteiger partial charge in [-0.05, 0) is 43.5 Å². The molecule has 7 heteroatoms. The predicted molar refractivity (Wildman–Crippen MR) is 77.9 cm³/mol. The van der Waals surface area contributed by atoms with Gasteiger partial charge in [-0.3, -0.25) is 0 Å². The average molecular weight is 316 g/mol. The monoisotopic (exact) mass is 316 g/mol. The number of hydrogen-bond acceptors (Lipinski definition) is 4. The molecule has 1 aliphatic rings. The summed E-state index contributed by atoms with van der Waals surface area (Å²) < 4.78 is 45.6. The molecule has 0 amide bonds. The zero-order valence-corrected chi connectivity index (χ0v) is 12.9. The molecule has 0 spiro atoms. The minimum Gasteiger partial charge on any atom is -0.380 e. The third-order valence-electron chi connectivity index (χ3n) is 3.27. The lowest BCUT2D eigenvalue weighted by Gasteiger charge is -2.11. The fourth-order valence-corrected chi connectivity index (χ4v) is 3.24. The Kier molecular flexibility index (Phi) is 5.69. The second-order valence-corrected chi connectivity index (χ2v) is 6.93. The highest BCUT2D eigenvalue weighted by molar-refractivity contribution is 7.89. The van der Waals surface area contributed by atoms with Gasteiger partial charge in [0, 0.05) is 19.7 Å². The van der Waals surface area contributed by atoms with Crippen LogP contribution in [0.4, 0.5) is 4.39 Å². The Bertz CT molecular complexity index is 574. The molecule has 1 aromatic rings. The maximum atomic E-state index is 13.3. The Hall–Kier alpha value is -1.02. The topological polar surface area (TPSA) is 67.4 Å². The highest BCUT2D eigenvalue weighted by Gasteiger charge is 2.21. The van der Waals surface area contributed by atoms with Crippen molar-refractivity contribution in [3.63, 3.8) is 0 Å². The van der Waals surface area contributed by atoms with Gasteiger partial charge in [-0.2, -0.15) is 0 Å². The molecule has 118 valence electrons. The van der Waals surface area contributed by atoms with E-state index in [-0.39, 0.29) is 11.4 Å². The highest BCUT2D eigenvalue weighted by Crippen LogP contribution is 2.28. The first-order valence-corrected chi connectivity index (χ1v) is 8.51. The first-order valence-electron chi connectivity index (χ1n) is 7.03. The van der Waals surface area contributed by atoms with Gasteiger partial charge in [0.1, 0.15) is 5.82 Å². The molecule has 0 saturated heterocycles. The van der Waals surface area contributed by atoms with Crippen molar-refractivity contribution in [2.24, 2.45) is 5.92 Å². The van der Waals surface area contributed by atoms with Crippen molar-refractivity contribution in [3.05, 3.63) is 29.6 Å². The minimum atomic E-state index is -3.73. The lowest BCUT2D eigenvalue weighted by Crippen LogP contribution is -2.29. The first-order chi connectivity index (χ1) is 10.0. The molecule has 2 N–H and O–H groups in total. The van der Waals surface area contributed by atoms with Crippen molar-refractivity contribution in [2.45, 2.75) is 24.3 Å². The maximum Gasteiger partial charge on any atom is 0.241 e. The molecule has 0 bridgehead atoms. The van der Waals surface area contributed by atoms with Crippen molar-refractivity contribution in [1.82, 2.24) is 10.0 Å². The molecule has 0 heterocycles. The smallest absolute Gasteiger partial charge is 0.241 e. The molecule has 0 aromatic heterocycles. The van der Waals surface area contributed by atoms with Crippen LogP contribution in [0, 0.1) is 11.7 Å². The van der Waals surface area contributed by atoms with Crippen LogP contribution < -0.4 is 10.0 Å². The number of hydrogen-bond donors (Lipinski definition) is 2. The van der Waals surface area contributed by atoms with Gasteiger partial charge < -0.3 is 10.1 Å². The summed E-state index contributed by atoms with van der Waals surface area (Å²) in [5, 5.41) is 2.87. The zero-order valence-electron chi connectivity index (χ0n) is 12.1. The normalized spacial score (nSPS) is 15.3. The number of sulfonamides is 1. The molecule has 2 rings (SSSR count). The van der Waals surface area contributed by atoms with Crippen molar-refractivity contribution in [2.75, 3.05) is 26.8 Å². The Morgan fingerprint density at radius 3 is 2.81 bits per heavy atom. The van der Waals surface area contributed by atoms with Crippen LogP contribution in [0.15, 0.2) is 23.1 Å². The molecule has 1 aromatic carbocycles. The van der Waals surface area contributed by atoms with E-state index in [2.05, 4.69) is 10.0 Å². The number of rotatable bonds is 9. The summed E-state index contributed by atoms with van der Waals surface area (Å²) in [7, 11) is -2.02. The Labute approximate surface area is 124 Å². The van der Waals surface area contributed by atoms with E-state index in [9.17, 15) is 12.8 Å². The second kappa shape index (κ2) is 7.31. The van der Waals surface area contributed by atoms with Gasteiger partial charge >= 0.3 is 0 Å². The summed E-state index contributed by atoms with van der Waals surface area (Å²) in [5.74, 6) is 0.0762. The van der Waals surface area contributed by atoms with Crippen LogP contribution in [0.3, 0.4) is 0 Å². The SMILES string of the molecule is CNCc1ccc(F)cc1S(=O)(=O)NCCOCC1CC1. The fraction of sp³-hybridized carbons (Fsp3) is 0.571. The van der Waals surface area contributed by atoms with Gasteiger partial charge in [-0.15, -0.1) is 0 Å². The number of benzene rings is 1. The van der Waals surface area contributed by atoms with Gasteiger partial charge in [-0.25, -0.2) is 17.5 Å². The number of nitrogens with one attached hydrogen (secondary N) is 2. The molecular formula is C14H21FN2O3S. The molecule has 5 nitrogen and oxygen atoms in total. The quantitative estimate of drug-likeness (QED) is 0.673. The second-order valence-electron chi connectivity index (χ2n) is 5.20. The standard InChI is InChI=1S/C14H21FN2O3S/c1-16-9-12-4-5-13(15)8-14(12)21(18,19)17-6-7-20-10-11-2-3-11/h4-5,8,11,16-17H,2-3,6-7,9-10H2,1H3. The summed E-state index contributed by atoms with van der Waals surface area (Å²) in [5.41, 5.74) is 0.533. The van der Waals surface area contributed by atoms with E-state index in [0.717, 1.165) is 6.07 Å². The largest absolute Gasteiger partial charge is 0.380 e. The van der Waals surface area contributed by atoms with E-state index in [4.69, 9.17) is 4.74 Å². The Morgan fingerprint density at radius 2 is 2.14 bits per heavy atom. The van der Waals surface area contributed by atoms with E-state index in [1.807, 2.05) is 0 Å². The Morgan fingerprint density at radius 1 is 1.38 bits per heavy atom. The van der Waals surface area contributed by atoms with E-state index in [1.54, 1.807) is 7.05 Å². The lowest BCUT2D eigenvalue weighted by molar-refractivity contribution is 0.129. The number of halogens is 1. The van der Waals surface area contributed by atoms with Crippen LogP contribution in [0.25, 0.3) is 0 Å². The molecule has 0 aliphatic heterocycles. The molecule has 21 heavy (non-hydrogen) atoms. The van der Waals surface area contributed by atoms with E-state index in [0.29, 0.717) is 31.2 Å². The van der Waals surface area contributed by atoms with Gasteiger partial charge in [0.15, 0.2) is 0 Å². The third kappa shape index (κ3) is 5.03. The van der Waals surface area contributed by atoms with Crippen LogP contribution in [0.2, 0.25) is 0 Å². The molecule has 1 fully saturated rings. The predicted octanol–water partition coefficient (Wildman–Crippen LogP) is 1.25. The third-order valence-corrected chi connectivity index (χ3v) is 4.82. The molecule has 0 radical (unpaired) electrons. The summed E-state index contributed by atoms with van der Waals surface area (Å²) in [6, 6.07) is 3.77. The fourth-order valence-electron chi connectivity index (χ4n) is 1.98. The van der Waals surface area contributed by atoms with Crippen LogP contribution in [-0.2, 0) is 21.3 Å². The molecule has 1 aliphatic carbocycles. The summed E-state index contributed by atoms with van der Waals surface area (Å²) in [6.07, 6.45) is 2.39. The highest BCUT2D eigenvalue weighted by atomic mass is 32.2. The molecular weight excluding hydrogens is 295 g/mol. The summed E-state index contributed by atoms with van der Waals surface area (Å²) in [6.45, 7) is 1.55. The van der Waals surface area contributed by atoms with Crippen molar-refractivity contribution < 1.29 is 17.5 Å². The van der Waals surface area contributed by atoms with E-state index < -0.39 is 15.8 Å². The lowest BCUT2D eigenvalue weighted by atomic mass is 10.2. The molecule has 1 saturated carbocycles. The summed E-state index contributed by atoms with van der Waals surface area (Å²) in [4.78, 5) is -0.0287. The van der Waals surface area contributed by atoms with Crippen LogP contribution in [-0.4, -0.2) is 35.2 Å². The first kappa shape index (κ1) is 16.4. The van der Waals surface area contributed by atoms with E-state index in [1.165, 1.54) is 25.0 Å².